The highest BCUT2D eigenvalue weighted by atomic mass is 31.1. The van der Waals surface area contributed by atoms with E-state index in [1.54, 1.807) is 0 Å². The summed E-state index contributed by atoms with van der Waals surface area (Å²) in [6, 6.07) is 9.55. The third-order valence-corrected chi connectivity index (χ3v) is 3.45. The fourth-order valence-corrected chi connectivity index (χ4v) is 2.45. The molecule has 0 saturated carbocycles. The highest BCUT2D eigenvalue weighted by molar-refractivity contribution is 7.47. The lowest BCUT2D eigenvalue weighted by Gasteiger charge is -2.14. The molecule has 2 rings (SSSR count). The van der Waals surface area contributed by atoms with Crippen molar-refractivity contribution in [3.8, 4) is 0 Å². The molecule has 0 N–H and O–H groups in total. The van der Waals surface area contributed by atoms with Crippen LogP contribution >= 0.6 is 7.95 Å². The van der Waals surface area contributed by atoms with Crippen molar-refractivity contribution < 1.29 is 9.36 Å². The zero-order chi connectivity index (χ0) is 9.97. The van der Waals surface area contributed by atoms with E-state index in [4.69, 9.17) is 0 Å². The topological polar surface area (TPSA) is 37.4 Å². The van der Waals surface area contributed by atoms with Gasteiger partial charge in [-0.15, -0.1) is 0 Å². The van der Waals surface area contributed by atoms with Crippen LogP contribution in [0.2, 0.25) is 0 Å². The van der Waals surface area contributed by atoms with E-state index < -0.39 is 7.95 Å². The monoisotopic (exact) mass is 207 g/mol. The third kappa shape index (κ3) is 1.78. The minimum absolute atomic E-state index is 0.155. The molecule has 0 bridgehead atoms. The van der Waals surface area contributed by atoms with Crippen LogP contribution in [-0.4, -0.2) is 10.6 Å². The van der Waals surface area contributed by atoms with Crippen molar-refractivity contribution in [2.75, 3.05) is 0 Å². The van der Waals surface area contributed by atoms with Gasteiger partial charge in [0.25, 0.3) is 5.91 Å². The first-order chi connectivity index (χ1) is 6.77. The van der Waals surface area contributed by atoms with Crippen molar-refractivity contribution in [3.05, 3.63) is 47.8 Å². The van der Waals surface area contributed by atoms with Crippen LogP contribution in [-0.2, 0) is 15.9 Å². The Morgan fingerprint density at radius 1 is 1.21 bits per heavy atom. The SMILES string of the molecule is O=C1C=C[PH](=O)N1Cc1ccccc1. The first-order valence-electron chi connectivity index (χ1n) is 4.35. The molecule has 3 nitrogen and oxygen atoms in total. The minimum atomic E-state index is -1.99. The molecule has 1 aliphatic rings. The van der Waals surface area contributed by atoms with Gasteiger partial charge in [-0.3, -0.25) is 14.0 Å². The van der Waals surface area contributed by atoms with E-state index in [9.17, 15) is 9.36 Å². The van der Waals surface area contributed by atoms with E-state index in [1.165, 1.54) is 16.6 Å². The number of carbonyl (C=O) groups is 1. The second-order valence-electron chi connectivity index (χ2n) is 3.08. The molecule has 1 amide bonds. The van der Waals surface area contributed by atoms with E-state index >= 15 is 0 Å². The molecular weight excluding hydrogens is 197 g/mol. The van der Waals surface area contributed by atoms with E-state index in [-0.39, 0.29) is 5.91 Å². The Kier molecular flexibility index (Phi) is 2.51. The van der Waals surface area contributed by atoms with Crippen LogP contribution in [0.5, 0.6) is 0 Å². The molecule has 14 heavy (non-hydrogen) atoms. The Bertz CT molecular complexity index is 382. The Morgan fingerprint density at radius 2 is 1.93 bits per heavy atom. The van der Waals surface area contributed by atoms with Crippen LogP contribution < -0.4 is 0 Å². The summed E-state index contributed by atoms with van der Waals surface area (Å²) in [4.78, 5) is 11.3. The van der Waals surface area contributed by atoms with E-state index in [2.05, 4.69) is 0 Å². The van der Waals surface area contributed by atoms with Gasteiger partial charge in [-0.2, -0.15) is 0 Å². The third-order valence-electron chi connectivity index (χ3n) is 2.08. The van der Waals surface area contributed by atoms with Crippen LogP contribution in [0.15, 0.2) is 42.2 Å². The maximum Gasteiger partial charge on any atom is 0.252 e. The molecule has 0 aliphatic carbocycles. The Labute approximate surface area is 82.9 Å². The summed E-state index contributed by atoms with van der Waals surface area (Å²) >= 11 is 0. The summed E-state index contributed by atoms with van der Waals surface area (Å²) < 4.78 is 12.8. The Balaban J connectivity index is 2.13. The first-order valence-corrected chi connectivity index (χ1v) is 5.78. The van der Waals surface area contributed by atoms with Gasteiger partial charge in [-0.25, -0.2) is 0 Å². The summed E-state index contributed by atoms with van der Waals surface area (Å²) in [5.41, 5.74) is 1.00. The second kappa shape index (κ2) is 3.81. The number of rotatable bonds is 2. The molecule has 0 spiro atoms. The first kappa shape index (κ1) is 9.22. The van der Waals surface area contributed by atoms with E-state index in [0.717, 1.165) is 5.56 Å². The summed E-state index contributed by atoms with van der Waals surface area (Å²) in [5.74, 6) is 1.33. The van der Waals surface area contributed by atoms with Crippen molar-refractivity contribution in [1.29, 1.82) is 0 Å². The fraction of sp³-hybridized carbons (Fsp3) is 0.100. The molecule has 4 heteroatoms. The molecule has 0 aromatic heterocycles. The molecule has 1 aliphatic heterocycles. The van der Waals surface area contributed by atoms with E-state index in [1.807, 2.05) is 30.3 Å². The average molecular weight is 207 g/mol. The number of carbonyl (C=O) groups excluding carboxylic acids is 1. The number of hydrogen-bond donors (Lipinski definition) is 0. The van der Waals surface area contributed by atoms with Gasteiger partial charge in [-0.05, 0) is 11.4 Å². The molecule has 72 valence electrons. The van der Waals surface area contributed by atoms with Crippen LogP contribution in [0.25, 0.3) is 0 Å². The molecule has 0 saturated heterocycles. The normalized spacial score (nSPS) is 20.4. The van der Waals surface area contributed by atoms with Crippen LogP contribution in [0.4, 0.5) is 0 Å². The van der Waals surface area contributed by atoms with Gasteiger partial charge in [0, 0.05) is 6.08 Å². The Hall–Kier alpha value is -1.34. The highest BCUT2D eigenvalue weighted by Crippen LogP contribution is 2.35. The minimum Gasteiger partial charge on any atom is -0.299 e. The fourth-order valence-electron chi connectivity index (χ4n) is 1.35. The van der Waals surface area contributed by atoms with Crippen molar-refractivity contribution >= 4 is 13.9 Å². The lowest BCUT2D eigenvalue weighted by Crippen LogP contribution is -2.17. The largest absolute Gasteiger partial charge is 0.299 e. The van der Waals surface area contributed by atoms with Gasteiger partial charge in [0.2, 0.25) is 0 Å². The number of benzene rings is 1. The van der Waals surface area contributed by atoms with Gasteiger partial charge in [0.15, 0.2) is 7.95 Å². The number of hydrogen-bond acceptors (Lipinski definition) is 2. The van der Waals surface area contributed by atoms with Gasteiger partial charge >= 0.3 is 0 Å². The maximum atomic E-state index is 11.4. The highest BCUT2D eigenvalue weighted by Gasteiger charge is 2.20. The molecule has 1 unspecified atom stereocenters. The van der Waals surface area contributed by atoms with Gasteiger partial charge in [-0.1, -0.05) is 30.3 Å². The van der Waals surface area contributed by atoms with Crippen molar-refractivity contribution in [1.82, 2.24) is 4.67 Å². The Morgan fingerprint density at radius 3 is 2.50 bits per heavy atom. The molecule has 1 aromatic carbocycles. The van der Waals surface area contributed by atoms with Gasteiger partial charge in [0.1, 0.15) is 0 Å². The molecule has 1 aromatic rings. The van der Waals surface area contributed by atoms with E-state index in [0.29, 0.717) is 6.54 Å². The van der Waals surface area contributed by atoms with Crippen molar-refractivity contribution in [2.24, 2.45) is 0 Å². The molecule has 1 atom stereocenters. The van der Waals surface area contributed by atoms with Crippen molar-refractivity contribution in [2.45, 2.75) is 6.54 Å². The lowest BCUT2D eigenvalue weighted by molar-refractivity contribution is -0.121. The average Bonchev–Trinajstić information content (AvgIpc) is 2.51. The van der Waals surface area contributed by atoms with Gasteiger partial charge < -0.3 is 0 Å². The summed E-state index contributed by atoms with van der Waals surface area (Å²) in [6.07, 6.45) is 1.38. The lowest BCUT2D eigenvalue weighted by atomic mass is 10.2. The van der Waals surface area contributed by atoms with Crippen LogP contribution in [0, 0.1) is 0 Å². The maximum absolute atomic E-state index is 11.4. The summed E-state index contributed by atoms with van der Waals surface area (Å²) in [6.45, 7) is 0.435. The summed E-state index contributed by atoms with van der Waals surface area (Å²) in [5, 5.41) is 0. The van der Waals surface area contributed by atoms with Crippen LogP contribution in [0.3, 0.4) is 0 Å². The molecular formula is C10H10NO2P. The predicted octanol–water partition coefficient (Wildman–Crippen LogP) is 2.02. The second-order valence-corrected chi connectivity index (χ2v) is 4.63. The zero-order valence-corrected chi connectivity index (χ0v) is 8.51. The quantitative estimate of drug-likeness (QED) is 0.695. The smallest absolute Gasteiger partial charge is 0.252 e. The van der Waals surface area contributed by atoms with Gasteiger partial charge in [0.05, 0.1) is 6.54 Å². The molecule has 0 fully saturated rings. The predicted molar refractivity (Wildman–Crippen MR) is 55.1 cm³/mol. The zero-order valence-electron chi connectivity index (χ0n) is 7.51. The molecule has 1 heterocycles. The standard InChI is InChI=1S/C10H10NO2P/c12-10-6-7-14(13)11(10)8-9-4-2-1-3-5-9/h1-7,14H,8H2. The van der Waals surface area contributed by atoms with Crippen molar-refractivity contribution in [3.63, 3.8) is 0 Å². The van der Waals surface area contributed by atoms with Crippen LogP contribution in [0.1, 0.15) is 5.56 Å². The summed E-state index contributed by atoms with van der Waals surface area (Å²) in [7, 11) is -1.99. The molecule has 0 radical (unpaired) electrons. The number of nitrogens with zero attached hydrogens (tertiary/aromatic N) is 1. The number of amides is 1.